The maximum Gasteiger partial charge on any atom is 0.408 e. The average molecular weight is 526 g/mol. The van der Waals surface area contributed by atoms with Crippen molar-refractivity contribution in [3.05, 3.63) is 102 Å². The van der Waals surface area contributed by atoms with E-state index in [9.17, 15) is 19.3 Å². The fraction of sp³-hybridized carbons (Fsp3) is 0.286. The van der Waals surface area contributed by atoms with Crippen molar-refractivity contribution >= 4 is 25.0 Å². The molecule has 0 heterocycles. The highest BCUT2D eigenvalue weighted by molar-refractivity contribution is 7.62. The van der Waals surface area contributed by atoms with Gasteiger partial charge in [-0.15, -0.1) is 0 Å². The summed E-state index contributed by atoms with van der Waals surface area (Å²) in [6, 6.07) is 24.0. The first kappa shape index (κ1) is 28.1. The summed E-state index contributed by atoms with van der Waals surface area (Å²) in [4.78, 5) is 23.8. The Bertz CT molecular complexity index is 1160. The number of amides is 1. The maximum absolute atomic E-state index is 13.9. The van der Waals surface area contributed by atoms with Gasteiger partial charge in [0.15, 0.2) is 0 Å². The third kappa shape index (κ3) is 9.17. The van der Waals surface area contributed by atoms with Crippen LogP contribution in [0.15, 0.2) is 84.9 Å². The van der Waals surface area contributed by atoms with Crippen LogP contribution in [0.1, 0.15) is 37.5 Å². The van der Waals surface area contributed by atoms with Gasteiger partial charge in [-0.1, -0.05) is 72.8 Å². The second-order valence-electron chi connectivity index (χ2n) is 9.42. The van der Waals surface area contributed by atoms with Crippen LogP contribution in [-0.2, 0) is 42.8 Å². The Morgan fingerprint density at radius 2 is 1.30 bits per heavy atom. The van der Waals surface area contributed by atoms with Gasteiger partial charge < -0.3 is 24.2 Å². The van der Waals surface area contributed by atoms with E-state index in [0.29, 0.717) is 10.9 Å². The predicted octanol–water partition coefficient (Wildman–Crippen LogP) is 5.46. The Morgan fingerprint density at radius 3 is 1.73 bits per heavy atom. The SMILES string of the molecule is CC(C)(C)OC(=O)N[C@@H](Cc1ccc(P(=O)(OCc2ccccc2)OCc2ccccc2)cc1)C(=O)O. The summed E-state index contributed by atoms with van der Waals surface area (Å²) in [6.45, 7) is 5.27. The molecule has 2 N–H and O–H groups in total. The molecule has 8 nitrogen and oxygen atoms in total. The number of carbonyl (C=O) groups is 2. The number of benzene rings is 3. The Kier molecular flexibility index (Phi) is 9.64. The first-order valence-electron chi connectivity index (χ1n) is 11.8. The number of carboxylic acid groups (broad SMARTS) is 1. The largest absolute Gasteiger partial charge is 0.480 e. The smallest absolute Gasteiger partial charge is 0.408 e. The van der Waals surface area contributed by atoms with Gasteiger partial charge in [0.1, 0.15) is 11.6 Å². The fourth-order valence-corrected chi connectivity index (χ4v) is 4.88. The second-order valence-corrected chi connectivity index (χ2v) is 11.5. The van der Waals surface area contributed by atoms with Gasteiger partial charge >= 0.3 is 19.7 Å². The van der Waals surface area contributed by atoms with Crippen LogP contribution in [0.25, 0.3) is 0 Å². The molecule has 196 valence electrons. The Hall–Kier alpha value is -3.45. The number of aliphatic carboxylic acids is 1. The van der Waals surface area contributed by atoms with Crippen molar-refractivity contribution in [1.29, 1.82) is 0 Å². The van der Waals surface area contributed by atoms with Crippen molar-refractivity contribution < 1.29 is 33.0 Å². The van der Waals surface area contributed by atoms with Gasteiger partial charge in [0.2, 0.25) is 0 Å². The Labute approximate surface area is 217 Å². The second kappa shape index (κ2) is 12.7. The zero-order valence-electron chi connectivity index (χ0n) is 21.1. The molecule has 3 aromatic rings. The van der Waals surface area contributed by atoms with Gasteiger partial charge in [-0.05, 0) is 49.6 Å². The van der Waals surface area contributed by atoms with Crippen LogP contribution in [0.3, 0.4) is 0 Å². The van der Waals surface area contributed by atoms with E-state index in [4.69, 9.17) is 13.8 Å². The summed E-state index contributed by atoms with van der Waals surface area (Å²) in [5.41, 5.74) is 1.56. The molecule has 37 heavy (non-hydrogen) atoms. The van der Waals surface area contributed by atoms with E-state index in [0.717, 1.165) is 11.1 Å². The van der Waals surface area contributed by atoms with Crippen LogP contribution >= 0.6 is 7.60 Å². The molecule has 1 atom stereocenters. The first-order valence-corrected chi connectivity index (χ1v) is 13.4. The van der Waals surface area contributed by atoms with E-state index < -0.39 is 31.3 Å². The lowest BCUT2D eigenvalue weighted by molar-refractivity contribution is -0.139. The molecule has 0 aliphatic carbocycles. The molecular weight excluding hydrogens is 493 g/mol. The summed E-state index contributed by atoms with van der Waals surface area (Å²) in [5.74, 6) is -1.20. The molecule has 3 rings (SSSR count). The Morgan fingerprint density at radius 1 is 0.811 bits per heavy atom. The summed E-state index contributed by atoms with van der Waals surface area (Å²) >= 11 is 0. The molecule has 0 aliphatic rings. The molecule has 0 saturated carbocycles. The van der Waals surface area contributed by atoms with Crippen molar-refractivity contribution in [2.24, 2.45) is 0 Å². The molecule has 0 unspecified atom stereocenters. The monoisotopic (exact) mass is 525 g/mol. The number of alkyl carbamates (subject to hydrolysis) is 1. The highest BCUT2D eigenvalue weighted by atomic mass is 31.2. The molecule has 0 aliphatic heterocycles. The van der Waals surface area contributed by atoms with Crippen molar-refractivity contribution in [3.63, 3.8) is 0 Å². The molecule has 0 radical (unpaired) electrons. The first-order chi connectivity index (χ1) is 17.5. The summed E-state index contributed by atoms with van der Waals surface area (Å²) in [5, 5.41) is 12.3. The lowest BCUT2D eigenvalue weighted by Gasteiger charge is -2.22. The number of ether oxygens (including phenoxy) is 1. The molecule has 0 saturated heterocycles. The molecule has 9 heteroatoms. The van der Waals surface area contributed by atoms with Crippen molar-refractivity contribution in [2.45, 2.75) is 52.0 Å². The lowest BCUT2D eigenvalue weighted by atomic mass is 10.1. The number of carbonyl (C=O) groups excluding carboxylic acids is 1. The predicted molar refractivity (Wildman–Crippen MR) is 141 cm³/mol. The van der Waals surface area contributed by atoms with E-state index in [2.05, 4.69) is 5.32 Å². The normalized spacial score (nSPS) is 12.5. The van der Waals surface area contributed by atoms with Gasteiger partial charge in [-0.25, -0.2) is 9.59 Å². The average Bonchev–Trinajstić information content (AvgIpc) is 2.86. The molecule has 3 aromatic carbocycles. The number of hydrogen-bond donors (Lipinski definition) is 2. The van der Waals surface area contributed by atoms with Crippen molar-refractivity contribution in [2.75, 3.05) is 0 Å². The van der Waals surface area contributed by atoms with Crippen LogP contribution in [-0.4, -0.2) is 28.8 Å². The third-order valence-electron chi connectivity index (χ3n) is 5.17. The van der Waals surface area contributed by atoms with Crippen LogP contribution in [0, 0.1) is 0 Å². The zero-order chi connectivity index (χ0) is 26.9. The summed E-state index contributed by atoms with van der Waals surface area (Å²) in [6.07, 6.45) is -0.806. The van der Waals surface area contributed by atoms with Crippen LogP contribution in [0.2, 0.25) is 0 Å². The molecule has 0 fully saturated rings. The molecule has 1 amide bonds. The minimum atomic E-state index is -3.73. The molecular formula is C28H32NO7P. The van der Waals surface area contributed by atoms with E-state index in [1.165, 1.54) is 0 Å². The summed E-state index contributed by atoms with van der Waals surface area (Å²) in [7, 11) is -3.73. The standard InChI is InChI=1S/C28H32NO7P/c1-28(2,3)36-27(32)29-25(26(30)31)18-21-14-16-24(17-15-21)37(33,34-19-22-10-6-4-7-11-22)35-20-23-12-8-5-9-13-23/h4-17,25H,18-20H2,1-3H3,(H,29,32)(H,30,31)/t25-/m0/s1. The van der Waals surface area contributed by atoms with Gasteiger partial charge in [-0.3, -0.25) is 4.57 Å². The molecule has 0 bridgehead atoms. The Balaban J connectivity index is 1.75. The zero-order valence-corrected chi connectivity index (χ0v) is 22.0. The van der Waals surface area contributed by atoms with E-state index >= 15 is 0 Å². The van der Waals surface area contributed by atoms with Gasteiger partial charge in [0.25, 0.3) is 0 Å². The van der Waals surface area contributed by atoms with Crippen molar-refractivity contribution in [1.82, 2.24) is 5.32 Å². The minimum absolute atomic E-state index is 0.00883. The van der Waals surface area contributed by atoms with Crippen LogP contribution in [0.5, 0.6) is 0 Å². The van der Waals surface area contributed by atoms with Crippen LogP contribution < -0.4 is 10.6 Å². The topological polar surface area (TPSA) is 111 Å². The highest BCUT2D eigenvalue weighted by Gasteiger charge is 2.29. The highest BCUT2D eigenvalue weighted by Crippen LogP contribution is 2.48. The van der Waals surface area contributed by atoms with E-state index in [1.807, 2.05) is 60.7 Å². The van der Waals surface area contributed by atoms with Crippen molar-refractivity contribution in [3.8, 4) is 0 Å². The van der Waals surface area contributed by atoms with Gasteiger partial charge in [0.05, 0.1) is 18.5 Å². The maximum atomic E-state index is 13.9. The van der Waals surface area contributed by atoms with Gasteiger partial charge in [-0.2, -0.15) is 0 Å². The summed E-state index contributed by atoms with van der Waals surface area (Å²) < 4.78 is 30.7. The van der Waals surface area contributed by atoms with Gasteiger partial charge in [0, 0.05) is 6.42 Å². The minimum Gasteiger partial charge on any atom is -0.480 e. The number of rotatable bonds is 11. The molecule has 0 aromatic heterocycles. The number of carboxylic acids is 1. The fourth-order valence-electron chi connectivity index (χ4n) is 3.35. The third-order valence-corrected chi connectivity index (χ3v) is 7.04. The van der Waals surface area contributed by atoms with E-state index in [-0.39, 0.29) is 19.6 Å². The lowest BCUT2D eigenvalue weighted by Crippen LogP contribution is -2.44. The number of nitrogens with one attached hydrogen (secondary N) is 1. The van der Waals surface area contributed by atoms with E-state index in [1.54, 1.807) is 45.0 Å². The quantitative estimate of drug-likeness (QED) is 0.320. The van der Waals surface area contributed by atoms with Crippen LogP contribution in [0.4, 0.5) is 4.79 Å². The number of hydrogen-bond acceptors (Lipinski definition) is 6. The molecule has 0 spiro atoms.